The first-order valence-corrected chi connectivity index (χ1v) is 7.92. The molecule has 0 aliphatic carbocycles. The van der Waals surface area contributed by atoms with E-state index in [-0.39, 0.29) is 18.4 Å². The van der Waals surface area contributed by atoms with Crippen molar-refractivity contribution in [2.45, 2.75) is 38.6 Å². The molecule has 0 bridgehead atoms. The van der Waals surface area contributed by atoms with Gasteiger partial charge in [0.05, 0.1) is 0 Å². The van der Waals surface area contributed by atoms with Gasteiger partial charge in [0.15, 0.2) is 0 Å². The molecule has 5 nitrogen and oxygen atoms in total. The van der Waals surface area contributed by atoms with Crippen LogP contribution in [-0.2, 0) is 10.2 Å². The molecule has 0 spiro atoms. The van der Waals surface area contributed by atoms with Crippen molar-refractivity contribution in [3.63, 3.8) is 0 Å². The van der Waals surface area contributed by atoms with Gasteiger partial charge in [-0.05, 0) is 38.6 Å². The summed E-state index contributed by atoms with van der Waals surface area (Å²) in [6.07, 6.45) is 4.00. The van der Waals surface area contributed by atoms with Crippen LogP contribution in [-0.4, -0.2) is 49.2 Å². The van der Waals surface area contributed by atoms with Crippen LogP contribution in [0.4, 0.5) is 0 Å². The summed E-state index contributed by atoms with van der Waals surface area (Å²) in [7, 11) is -3.24. The smallest absolute Gasteiger partial charge is 0.282 e. The van der Waals surface area contributed by atoms with Crippen LogP contribution < -0.4 is 5.73 Å². The maximum atomic E-state index is 12.5. The zero-order chi connectivity index (χ0) is 12.5. The Morgan fingerprint density at radius 2 is 1.94 bits per heavy atom. The van der Waals surface area contributed by atoms with Gasteiger partial charge in [0.25, 0.3) is 10.2 Å². The number of nitrogens with two attached hydrogens (primary N) is 1. The van der Waals surface area contributed by atoms with E-state index >= 15 is 0 Å². The Morgan fingerprint density at radius 3 is 2.50 bits per heavy atom. The molecule has 2 aliphatic rings. The van der Waals surface area contributed by atoms with E-state index in [1.165, 1.54) is 0 Å². The van der Waals surface area contributed by atoms with Gasteiger partial charge in [0.2, 0.25) is 0 Å². The summed E-state index contributed by atoms with van der Waals surface area (Å²) in [5.74, 6) is 0.338. The number of piperidine rings is 1. The molecule has 18 heavy (non-hydrogen) atoms. The molecular formula is C11H24ClN3O2S. The SMILES string of the molecule is CC1CCCCN1S(=O)(=O)N1CCC(CN)C1.Cl. The molecule has 2 rings (SSSR count). The lowest BCUT2D eigenvalue weighted by Gasteiger charge is -2.35. The highest BCUT2D eigenvalue weighted by Crippen LogP contribution is 2.26. The third-order valence-corrected chi connectivity index (χ3v) is 6.07. The fourth-order valence-corrected chi connectivity index (χ4v) is 4.71. The number of hydrogen-bond donors (Lipinski definition) is 1. The summed E-state index contributed by atoms with van der Waals surface area (Å²) in [6, 6.07) is 0.144. The molecule has 0 saturated carbocycles. The first-order chi connectivity index (χ1) is 8.05. The van der Waals surface area contributed by atoms with Gasteiger partial charge in [-0.25, -0.2) is 0 Å². The second-order valence-corrected chi connectivity index (χ2v) is 7.09. The highest BCUT2D eigenvalue weighted by Gasteiger charge is 2.37. The average Bonchev–Trinajstić information content (AvgIpc) is 2.78. The van der Waals surface area contributed by atoms with Crippen molar-refractivity contribution in [3.8, 4) is 0 Å². The van der Waals surface area contributed by atoms with Crippen LogP contribution in [0.15, 0.2) is 0 Å². The van der Waals surface area contributed by atoms with E-state index in [4.69, 9.17) is 5.73 Å². The maximum Gasteiger partial charge on any atom is 0.282 e. The molecule has 7 heteroatoms. The van der Waals surface area contributed by atoms with Gasteiger partial charge < -0.3 is 5.73 Å². The molecule has 0 amide bonds. The first-order valence-electron chi connectivity index (χ1n) is 6.52. The van der Waals surface area contributed by atoms with Gasteiger partial charge in [-0.1, -0.05) is 6.42 Å². The minimum absolute atomic E-state index is 0. The summed E-state index contributed by atoms with van der Waals surface area (Å²) >= 11 is 0. The van der Waals surface area contributed by atoms with Crippen LogP contribution in [0.1, 0.15) is 32.6 Å². The number of rotatable bonds is 3. The molecule has 2 atom stereocenters. The Kier molecular flexibility index (Phi) is 5.86. The van der Waals surface area contributed by atoms with Crippen LogP contribution >= 0.6 is 12.4 Å². The predicted molar refractivity (Wildman–Crippen MR) is 74.9 cm³/mol. The Hall–Kier alpha value is 0.120. The van der Waals surface area contributed by atoms with Crippen molar-refractivity contribution in [1.82, 2.24) is 8.61 Å². The Labute approximate surface area is 116 Å². The van der Waals surface area contributed by atoms with Crippen LogP contribution in [0, 0.1) is 5.92 Å². The van der Waals surface area contributed by atoms with Gasteiger partial charge in [-0.3, -0.25) is 0 Å². The monoisotopic (exact) mass is 297 g/mol. The Bertz CT molecular complexity index is 363. The van der Waals surface area contributed by atoms with Gasteiger partial charge in [-0.2, -0.15) is 17.0 Å². The fraction of sp³-hybridized carbons (Fsp3) is 1.00. The van der Waals surface area contributed by atoms with E-state index in [0.717, 1.165) is 25.7 Å². The van der Waals surface area contributed by atoms with E-state index in [1.54, 1.807) is 8.61 Å². The van der Waals surface area contributed by atoms with Gasteiger partial charge in [-0.15, -0.1) is 12.4 Å². The van der Waals surface area contributed by atoms with Crippen molar-refractivity contribution in [1.29, 1.82) is 0 Å². The van der Waals surface area contributed by atoms with E-state index < -0.39 is 10.2 Å². The van der Waals surface area contributed by atoms with Crippen LogP contribution in [0.3, 0.4) is 0 Å². The molecule has 2 N–H and O–H groups in total. The van der Waals surface area contributed by atoms with Crippen molar-refractivity contribution < 1.29 is 8.42 Å². The standard InChI is InChI=1S/C11H23N3O2S.ClH/c1-10-4-2-3-6-14(10)17(15,16)13-7-5-11(8-12)9-13;/h10-11H,2-9,12H2,1H3;1H. The number of nitrogens with zero attached hydrogens (tertiary/aromatic N) is 2. The van der Waals surface area contributed by atoms with Crippen LogP contribution in [0.2, 0.25) is 0 Å². The van der Waals surface area contributed by atoms with Crippen LogP contribution in [0.25, 0.3) is 0 Å². The molecule has 2 aliphatic heterocycles. The fourth-order valence-electron chi connectivity index (χ4n) is 2.76. The summed E-state index contributed by atoms with van der Waals surface area (Å²) in [5, 5.41) is 0. The topological polar surface area (TPSA) is 66.6 Å². The molecule has 0 aromatic carbocycles. The molecule has 108 valence electrons. The van der Waals surface area contributed by atoms with Gasteiger partial charge in [0.1, 0.15) is 0 Å². The summed E-state index contributed by atoms with van der Waals surface area (Å²) < 4.78 is 28.2. The molecule has 2 fully saturated rings. The van der Waals surface area contributed by atoms with Crippen molar-refractivity contribution in [3.05, 3.63) is 0 Å². The molecule has 0 aromatic heterocycles. The first kappa shape index (κ1) is 16.2. The maximum absolute atomic E-state index is 12.5. The molecule has 0 aromatic rings. The summed E-state index contributed by atoms with van der Waals surface area (Å²) in [4.78, 5) is 0. The largest absolute Gasteiger partial charge is 0.330 e. The normalized spacial score (nSPS) is 31.2. The highest BCUT2D eigenvalue weighted by atomic mass is 35.5. The lowest BCUT2D eigenvalue weighted by molar-refractivity contribution is 0.249. The van der Waals surface area contributed by atoms with Crippen molar-refractivity contribution >= 4 is 22.6 Å². The predicted octanol–water partition coefficient (Wildman–Crippen LogP) is 0.808. The van der Waals surface area contributed by atoms with Crippen LogP contribution in [0.5, 0.6) is 0 Å². The minimum atomic E-state index is -3.24. The molecule has 0 radical (unpaired) electrons. The average molecular weight is 298 g/mol. The van der Waals surface area contributed by atoms with Crippen molar-refractivity contribution in [2.75, 3.05) is 26.2 Å². The molecular weight excluding hydrogens is 274 g/mol. The zero-order valence-corrected chi connectivity index (χ0v) is 12.5. The highest BCUT2D eigenvalue weighted by molar-refractivity contribution is 7.86. The van der Waals surface area contributed by atoms with Gasteiger partial charge in [0, 0.05) is 25.7 Å². The van der Waals surface area contributed by atoms with Crippen molar-refractivity contribution in [2.24, 2.45) is 11.7 Å². The Balaban J connectivity index is 0.00000162. The summed E-state index contributed by atoms with van der Waals surface area (Å²) in [6.45, 7) is 4.50. The second-order valence-electron chi connectivity index (χ2n) is 5.21. The number of halogens is 1. The lowest BCUT2D eigenvalue weighted by atomic mass is 10.1. The summed E-state index contributed by atoms with van der Waals surface area (Å²) in [5.41, 5.74) is 5.61. The molecule has 2 heterocycles. The third kappa shape index (κ3) is 3.17. The van der Waals surface area contributed by atoms with E-state index in [2.05, 4.69) is 0 Å². The van der Waals surface area contributed by atoms with E-state index in [9.17, 15) is 8.42 Å². The van der Waals surface area contributed by atoms with Gasteiger partial charge >= 0.3 is 0 Å². The number of hydrogen-bond acceptors (Lipinski definition) is 3. The second kappa shape index (κ2) is 6.52. The lowest BCUT2D eigenvalue weighted by Crippen LogP contribution is -2.49. The Morgan fingerprint density at radius 1 is 1.22 bits per heavy atom. The minimum Gasteiger partial charge on any atom is -0.330 e. The van der Waals surface area contributed by atoms with E-state index in [1.807, 2.05) is 6.92 Å². The van der Waals surface area contributed by atoms with E-state index in [0.29, 0.717) is 32.1 Å². The zero-order valence-electron chi connectivity index (χ0n) is 10.9. The molecule has 2 saturated heterocycles. The quantitative estimate of drug-likeness (QED) is 0.838. The molecule has 2 unspecified atom stereocenters. The third-order valence-electron chi connectivity index (χ3n) is 3.95.